The molecule has 5 heteroatoms. The number of rotatable bonds is 12. The van der Waals surface area contributed by atoms with E-state index in [4.69, 9.17) is 10.5 Å². The minimum atomic E-state index is -0.631. The van der Waals surface area contributed by atoms with Gasteiger partial charge >= 0.3 is 5.97 Å². The van der Waals surface area contributed by atoms with Gasteiger partial charge in [-0.2, -0.15) is 0 Å². The zero-order valence-electron chi connectivity index (χ0n) is 24.2. The quantitative estimate of drug-likeness (QED) is 0.266. The van der Waals surface area contributed by atoms with Crippen molar-refractivity contribution in [2.24, 2.45) is 21.7 Å². The Labute approximate surface area is 210 Å². The van der Waals surface area contributed by atoms with Gasteiger partial charge in [-0.15, -0.1) is 0 Å². The van der Waals surface area contributed by atoms with Crippen molar-refractivity contribution in [1.29, 1.82) is 0 Å². The molecule has 5 nitrogen and oxygen atoms in total. The predicted octanol–water partition coefficient (Wildman–Crippen LogP) is 6.52. The number of nitrogens with two attached hydrogens (primary N) is 1. The lowest BCUT2D eigenvalue weighted by molar-refractivity contribution is -0.167. The number of anilines is 2. The van der Waals surface area contributed by atoms with E-state index in [0.717, 1.165) is 30.9 Å². The molecule has 1 atom stereocenters. The van der Waals surface area contributed by atoms with E-state index in [2.05, 4.69) is 93.3 Å². The molecule has 3 N–H and O–H groups in total. The maximum absolute atomic E-state index is 13.7. The average molecular weight is 476 g/mol. The molecule has 0 radical (unpaired) electrons. The molecule has 0 aliphatic carbocycles. The van der Waals surface area contributed by atoms with Gasteiger partial charge in [-0.1, -0.05) is 55.4 Å². The Morgan fingerprint density at radius 3 is 1.91 bits per heavy atom. The molecule has 0 heterocycles. The summed E-state index contributed by atoms with van der Waals surface area (Å²) in [5.74, 6) is -0.113. The first-order valence-corrected chi connectivity index (χ1v) is 12.9. The topological polar surface area (TPSA) is 67.6 Å². The number of hydrogen-bond acceptors (Lipinski definition) is 5. The third kappa shape index (κ3) is 6.47. The Morgan fingerprint density at radius 2 is 1.47 bits per heavy atom. The van der Waals surface area contributed by atoms with Crippen molar-refractivity contribution >= 4 is 17.3 Å². The first kappa shape index (κ1) is 30.3. The van der Waals surface area contributed by atoms with Crippen LogP contribution in [0.1, 0.15) is 89.5 Å². The molecule has 0 aliphatic heterocycles. The lowest BCUT2D eigenvalue weighted by atomic mass is 9.51. The number of nitrogens with one attached hydrogen (secondary N) is 1. The average Bonchev–Trinajstić information content (AvgIpc) is 2.70. The van der Waals surface area contributed by atoms with Gasteiger partial charge in [0.2, 0.25) is 0 Å². The molecule has 1 rings (SSSR count). The third-order valence-electron chi connectivity index (χ3n) is 9.01. The van der Waals surface area contributed by atoms with Crippen molar-refractivity contribution in [2.45, 2.75) is 95.0 Å². The van der Waals surface area contributed by atoms with Crippen LogP contribution in [-0.2, 0) is 9.53 Å². The van der Waals surface area contributed by atoms with Crippen LogP contribution in [0.4, 0.5) is 11.4 Å². The fraction of sp³-hybridized carbons (Fsp3) is 0.759. The molecular weight excluding hydrogens is 422 g/mol. The molecule has 0 fully saturated rings. The van der Waals surface area contributed by atoms with E-state index in [1.807, 2.05) is 24.3 Å². The maximum atomic E-state index is 13.7. The predicted molar refractivity (Wildman–Crippen MR) is 147 cm³/mol. The number of ether oxygens (including phenoxy) is 1. The van der Waals surface area contributed by atoms with Gasteiger partial charge in [-0.25, -0.2) is 0 Å². The van der Waals surface area contributed by atoms with E-state index >= 15 is 0 Å². The van der Waals surface area contributed by atoms with Crippen molar-refractivity contribution in [1.82, 2.24) is 5.32 Å². The van der Waals surface area contributed by atoms with E-state index < -0.39 is 5.41 Å². The zero-order chi connectivity index (χ0) is 26.6. The van der Waals surface area contributed by atoms with Crippen LogP contribution in [0.15, 0.2) is 24.3 Å². The van der Waals surface area contributed by atoms with Crippen molar-refractivity contribution in [3.8, 4) is 0 Å². The Kier molecular flexibility index (Phi) is 9.70. The monoisotopic (exact) mass is 475 g/mol. The first-order chi connectivity index (χ1) is 15.4. The molecule has 0 aromatic heterocycles. The minimum absolute atomic E-state index is 0.0725. The summed E-state index contributed by atoms with van der Waals surface area (Å²) in [5, 5.41) is 3.66. The number of likely N-dealkylation sites (N-methyl/N-ethyl adjacent to an activating group) is 1. The Hall–Kier alpha value is -1.75. The molecule has 0 aliphatic rings. The zero-order valence-corrected chi connectivity index (χ0v) is 24.2. The summed E-state index contributed by atoms with van der Waals surface area (Å²) in [6.07, 6.45) is 0.736. The Morgan fingerprint density at radius 1 is 0.941 bits per heavy atom. The lowest BCUT2D eigenvalue weighted by Crippen LogP contribution is -2.59. The largest absolute Gasteiger partial charge is 0.463 e. The van der Waals surface area contributed by atoms with Crippen LogP contribution >= 0.6 is 0 Å². The number of nitrogens with zero attached hydrogens (tertiary/aromatic N) is 1. The molecule has 1 unspecified atom stereocenters. The summed E-state index contributed by atoms with van der Waals surface area (Å²) in [7, 11) is 0. The van der Waals surface area contributed by atoms with Gasteiger partial charge in [0, 0.05) is 23.5 Å². The van der Waals surface area contributed by atoms with Crippen molar-refractivity contribution < 1.29 is 9.53 Å². The van der Waals surface area contributed by atoms with Crippen LogP contribution in [0.3, 0.4) is 0 Å². The highest BCUT2D eigenvalue weighted by molar-refractivity contribution is 5.77. The van der Waals surface area contributed by atoms with Gasteiger partial charge in [-0.3, -0.25) is 4.79 Å². The first-order valence-electron chi connectivity index (χ1n) is 12.9. The maximum Gasteiger partial charge on any atom is 0.312 e. The molecular formula is C29H53N3O2. The Bertz CT molecular complexity index is 791. The fourth-order valence-corrected chi connectivity index (χ4v) is 4.82. The van der Waals surface area contributed by atoms with Gasteiger partial charge in [0.1, 0.15) is 6.61 Å². The van der Waals surface area contributed by atoms with Crippen molar-refractivity contribution in [2.75, 3.05) is 36.9 Å². The SMILES string of the molecule is CCNC(C)(C)C(C)(C)C(C)(C)CC(C)(C(=O)OCCN(CC)c1ccc(N)cc1)C(C)(C)C. The molecule has 196 valence electrons. The summed E-state index contributed by atoms with van der Waals surface area (Å²) in [4.78, 5) is 15.9. The lowest BCUT2D eigenvalue weighted by Gasteiger charge is -2.56. The normalized spacial score (nSPS) is 15.1. The van der Waals surface area contributed by atoms with Gasteiger partial charge in [0.15, 0.2) is 0 Å². The molecule has 0 spiro atoms. The summed E-state index contributed by atoms with van der Waals surface area (Å²) in [6.45, 7) is 29.3. The molecule has 0 saturated heterocycles. The van der Waals surface area contributed by atoms with Gasteiger partial charge < -0.3 is 20.7 Å². The second kappa shape index (κ2) is 10.9. The number of nitrogen functional groups attached to an aromatic ring is 1. The molecule has 34 heavy (non-hydrogen) atoms. The summed E-state index contributed by atoms with van der Waals surface area (Å²) < 4.78 is 5.98. The van der Waals surface area contributed by atoms with Crippen LogP contribution in [0, 0.1) is 21.7 Å². The van der Waals surface area contributed by atoms with Crippen LogP contribution in [-0.4, -0.2) is 37.7 Å². The van der Waals surface area contributed by atoms with Gasteiger partial charge in [-0.05, 0) is 81.2 Å². The summed E-state index contributed by atoms with van der Waals surface area (Å²) in [5.41, 5.74) is 6.49. The molecule has 1 aromatic rings. The third-order valence-corrected chi connectivity index (χ3v) is 9.01. The molecule has 0 amide bonds. The van der Waals surface area contributed by atoms with E-state index in [1.165, 1.54) is 0 Å². The van der Waals surface area contributed by atoms with Crippen LogP contribution in [0.5, 0.6) is 0 Å². The van der Waals surface area contributed by atoms with Crippen LogP contribution in [0.2, 0.25) is 0 Å². The molecule has 0 saturated carbocycles. The fourth-order valence-electron chi connectivity index (χ4n) is 4.82. The second-order valence-corrected chi connectivity index (χ2v) is 12.7. The number of carbonyl (C=O) groups is 1. The molecule has 0 bridgehead atoms. The van der Waals surface area contributed by atoms with Crippen LogP contribution < -0.4 is 16.0 Å². The highest BCUT2D eigenvalue weighted by atomic mass is 16.5. The van der Waals surface area contributed by atoms with E-state index in [-0.39, 0.29) is 27.8 Å². The summed E-state index contributed by atoms with van der Waals surface area (Å²) >= 11 is 0. The second-order valence-electron chi connectivity index (χ2n) is 12.7. The van der Waals surface area contributed by atoms with Gasteiger partial charge in [0.25, 0.3) is 0 Å². The van der Waals surface area contributed by atoms with Crippen LogP contribution in [0.25, 0.3) is 0 Å². The highest BCUT2D eigenvalue weighted by Gasteiger charge is 2.55. The van der Waals surface area contributed by atoms with Crippen molar-refractivity contribution in [3.05, 3.63) is 24.3 Å². The number of esters is 1. The van der Waals surface area contributed by atoms with E-state index in [0.29, 0.717) is 13.2 Å². The number of carbonyl (C=O) groups excluding carboxylic acids is 1. The van der Waals surface area contributed by atoms with E-state index in [1.54, 1.807) is 0 Å². The Balaban J connectivity index is 3.06. The minimum Gasteiger partial charge on any atom is -0.463 e. The standard InChI is InChI=1S/C29H53N3O2/c1-13-31-28(10,11)27(8,9)26(6,7)21-29(12,25(3,4)5)24(33)34-20-19-32(14-2)23-17-15-22(30)16-18-23/h15-18,31H,13-14,19-21,30H2,1-12H3. The van der Waals surface area contributed by atoms with Crippen molar-refractivity contribution in [3.63, 3.8) is 0 Å². The smallest absolute Gasteiger partial charge is 0.312 e. The molecule has 1 aromatic carbocycles. The number of benzene rings is 1. The van der Waals surface area contributed by atoms with E-state index in [9.17, 15) is 4.79 Å². The highest BCUT2D eigenvalue weighted by Crippen LogP contribution is 2.56. The number of hydrogen-bond donors (Lipinski definition) is 2. The summed E-state index contributed by atoms with van der Waals surface area (Å²) in [6, 6.07) is 7.83. The van der Waals surface area contributed by atoms with Gasteiger partial charge in [0.05, 0.1) is 12.0 Å².